The van der Waals surface area contributed by atoms with Crippen LogP contribution in [0.5, 0.6) is 0 Å². The van der Waals surface area contributed by atoms with E-state index in [-0.39, 0.29) is 17.1 Å². The van der Waals surface area contributed by atoms with Gasteiger partial charge < -0.3 is 14.6 Å². The molecule has 0 saturated carbocycles. The van der Waals surface area contributed by atoms with Crippen LogP contribution in [0.15, 0.2) is 60.7 Å². The van der Waals surface area contributed by atoms with Crippen LogP contribution < -0.4 is 0 Å². The summed E-state index contributed by atoms with van der Waals surface area (Å²) in [4.78, 5) is 14.6. The average Bonchev–Trinajstić information content (AvgIpc) is 3.16. The maximum Gasteiger partial charge on any atom is 0.266 e. The number of hydrogen-bond acceptors (Lipinski definition) is 5. The Morgan fingerprint density at radius 3 is 2.45 bits per heavy atom. The molecule has 1 amide bonds. The number of unbranched alkanes of at least 4 members (excludes halogenated alkanes) is 1. The van der Waals surface area contributed by atoms with Gasteiger partial charge >= 0.3 is 0 Å². The largest absolute Gasteiger partial charge is 0.468 e. The van der Waals surface area contributed by atoms with Crippen molar-refractivity contribution in [2.75, 3.05) is 13.2 Å². The molecule has 1 N–H and O–H groups in total. The molecule has 31 heavy (non-hydrogen) atoms. The molecule has 0 radical (unpaired) electrons. The lowest BCUT2D eigenvalue weighted by atomic mass is 9.97. The highest BCUT2D eigenvalue weighted by molar-refractivity contribution is 7.80. The van der Waals surface area contributed by atoms with Crippen LogP contribution in [0.1, 0.15) is 37.3 Å². The summed E-state index contributed by atoms with van der Waals surface area (Å²) in [6.45, 7) is 3.38. The fourth-order valence-corrected chi connectivity index (χ4v) is 4.03. The van der Waals surface area contributed by atoms with Crippen molar-refractivity contribution in [2.24, 2.45) is 5.92 Å². The molecule has 166 valence electrons. The normalized spacial score (nSPS) is 17.9. The van der Waals surface area contributed by atoms with Crippen LogP contribution in [0, 0.1) is 5.92 Å². The van der Waals surface area contributed by atoms with E-state index in [1.807, 2.05) is 60.7 Å². The van der Waals surface area contributed by atoms with Gasteiger partial charge in [0.2, 0.25) is 5.91 Å². The topological polar surface area (TPSA) is 59.0 Å². The minimum absolute atomic E-state index is 0.136. The second-order valence-electron chi connectivity index (χ2n) is 8.02. The van der Waals surface area contributed by atoms with Crippen LogP contribution in [-0.2, 0) is 27.3 Å². The molecular formula is C25H31NO4S. The third-order valence-electron chi connectivity index (χ3n) is 5.63. The summed E-state index contributed by atoms with van der Waals surface area (Å²) in [6, 6.07) is 19.9. The van der Waals surface area contributed by atoms with Crippen LogP contribution in [0.2, 0.25) is 0 Å². The third kappa shape index (κ3) is 6.86. The summed E-state index contributed by atoms with van der Waals surface area (Å²) < 4.78 is 11.2. The van der Waals surface area contributed by atoms with Gasteiger partial charge in [-0.25, -0.2) is 0 Å². The first-order valence-electron chi connectivity index (χ1n) is 10.9. The zero-order valence-corrected chi connectivity index (χ0v) is 18.8. The first-order chi connectivity index (χ1) is 15.1. The van der Waals surface area contributed by atoms with Gasteiger partial charge in [0, 0.05) is 6.61 Å². The zero-order chi connectivity index (χ0) is 22.1. The number of thiocarbonyl (C=S) groups is 1. The highest BCUT2D eigenvalue weighted by atomic mass is 32.1. The molecule has 1 aliphatic heterocycles. The SMILES string of the molecule is C[C@H](C(=O)N1C(=S)OC[C@@H]1Cc1ccccc1)[C@H](O)CCCCOCc1ccccc1. The molecule has 2 aromatic rings. The van der Waals surface area contributed by atoms with Crippen molar-refractivity contribution in [1.29, 1.82) is 0 Å². The molecule has 1 fully saturated rings. The summed E-state index contributed by atoms with van der Waals surface area (Å²) in [5.41, 5.74) is 2.28. The number of ether oxygens (including phenoxy) is 2. The molecule has 1 saturated heterocycles. The van der Waals surface area contributed by atoms with E-state index >= 15 is 0 Å². The van der Waals surface area contributed by atoms with Crippen molar-refractivity contribution in [3.05, 3.63) is 71.8 Å². The number of aliphatic hydroxyl groups excluding tert-OH is 1. The molecule has 3 rings (SSSR count). The maximum atomic E-state index is 13.1. The van der Waals surface area contributed by atoms with Crippen molar-refractivity contribution in [1.82, 2.24) is 4.90 Å². The van der Waals surface area contributed by atoms with Gasteiger partial charge in [-0.05, 0) is 49.0 Å². The van der Waals surface area contributed by atoms with Crippen LogP contribution >= 0.6 is 12.2 Å². The molecule has 0 aromatic heterocycles. The molecule has 0 bridgehead atoms. The Morgan fingerprint density at radius 2 is 1.77 bits per heavy atom. The molecule has 0 aliphatic carbocycles. The Labute approximate surface area is 190 Å². The third-order valence-corrected chi connectivity index (χ3v) is 5.94. The number of hydrogen-bond donors (Lipinski definition) is 1. The van der Waals surface area contributed by atoms with Gasteiger partial charge in [-0.15, -0.1) is 0 Å². The molecule has 3 atom stereocenters. The second-order valence-corrected chi connectivity index (χ2v) is 8.37. The van der Waals surface area contributed by atoms with E-state index in [0.29, 0.717) is 32.7 Å². The molecule has 0 spiro atoms. The van der Waals surface area contributed by atoms with E-state index in [1.54, 1.807) is 11.8 Å². The minimum Gasteiger partial charge on any atom is -0.468 e. The summed E-state index contributed by atoms with van der Waals surface area (Å²) >= 11 is 5.28. The summed E-state index contributed by atoms with van der Waals surface area (Å²) in [6.07, 6.45) is 2.14. The number of nitrogens with zero attached hydrogens (tertiary/aromatic N) is 1. The smallest absolute Gasteiger partial charge is 0.266 e. The number of rotatable bonds is 11. The number of amides is 1. The number of carbonyl (C=O) groups is 1. The van der Waals surface area contributed by atoms with Crippen molar-refractivity contribution in [3.63, 3.8) is 0 Å². The highest BCUT2D eigenvalue weighted by Crippen LogP contribution is 2.22. The van der Waals surface area contributed by atoms with E-state index in [1.165, 1.54) is 0 Å². The van der Waals surface area contributed by atoms with Crippen LogP contribution in [0.25, 0.3) is 0 Å². The average molecular weight is 442 g/mol. The van der Waals surface area contributed by atoms with E-state index in [4.69, 9.17) is 21.7 Å². The lowest BCUT2D eigenvalue weighted by Gasteiger charge is -2.27. The highest BCUT2D eigenvalue weighted by Gasteiger charge is 2.38. The van der Waals surface area contributed by atoms with Gasteiger partial charge in [-0.2, -0.15) is 0 Å². The van der Waals surface area contributed by atoms with E-state index in [9.17, 15) is 9.90 Å². The van der Waals surface area contributed by atoms with E-state index < -0.39 is 12.0 Å². The summed E-state index contributed by atoms with van der Waals surface area (Å²) in [5.74, 6) is -0.709. The first-order valence-corrected chi connectivity index (χ1v) is 11.3. The molecule has 5 nitrogen and oxygen atoms in total. The Balaban J connectivity index is 1.41. The molecule has 2 aromatic carbocycles. The van der Waals surface area contributed by atoms with Crippen LogP contribution in [0.4, 0.5) is 0 Å². The second kappa shape index (κ2) is 11.9. The first kappa shape index (κ1) is 23.4. The number of benzene rings is 2. The fourth-order valence-electron chi connectivity index (χ4n) is 3.72. The molecule has 6 heteroatoms. The standard InChI is InChI=1S/C25H31NO4S/c1-19(23(27)14-8-9-15-29-17-21-12-6-3-7-13-21)24(28)26-22(18-30-25(26)31)16-20-10-4-2-5-11-20/h2-7,10-13,19,22-23,27H,8-9,14-18H2,1H3/t19-,22-,23+/m0/s1. The van der Waals surface area contributed by atoms with Crippen molar-refractivity contribution in [3.8, 4) is 0 Å². The Kier molecular flexibility index (Phi) is 9.00. The maximum absolute atomic E-state index is 13.1. The zero-order valence-electron chi connectivity index (χ0n) is 18.0. The monoisotopic (exact) mass is 441 g/mol. The van der Waals surface area contributed by atoms with Crippen molar-refractivity contribution >= 4 is 23.3 Å². The Bertz CT molecular complexity index is 830. The van der Waals surface area contributed by atoms with Gasteiger partial charge in [0.15, 0.2) is 0 Å². The van der Waals surface area contributed by atoms with Gasteiger partial charge in [-0.1, -0.05) is 67.6 Å². The lowest BCUT2D eigenvalue weighted by Crippen LogP contribution is -2.45. The van der Waals surface area contributed by atoms with Crippen LogP contribution in [0.3, 0.4) is 0 Å². The Morgan fingerprint density at radius 1 is 1.13 bits per heavy atom. The quantitative estimate of drug-likeness (QED) is 0.420. The predicted octanol–water partition coefficient (Wildman–Crippen LogP) is 4.13. The predicted molar refractivity (Wildman–Crippen MR) is 124 cm³/mol. The fraction of sp³-hybridized carbons (Fsp3) is 0.440. The van der Waals surface area contributed by atoms with Gasteiger partial charge in [0.25, 0.3) is 5.17 Å². The summed E-state index contributed by atoms with van der Waals surface area (Å²) in [7, 11) is 0. The molecule has 1 aliphatic rings. The minimum atomic E-state index is -0.720. The number of carbonyl (C=O) groups excluding carboxylic acids is 1. The lowest BCUT2D eigenvalue weighted by molar-refractivity contribution is -0.135. The van der Waals surface area contributed by atoms with Gasteiger partial charge in [-0.3, -0.25) is 9.69 Å². The molecule has 1 heterocycles. The van der Waals surface area contributed by atoms with Gasteiger partial charge in [0.1, 0.15) is 6.61 Å². The van der Waals surface area contributed by atoms with E-state index in [0.717, 1.165) is 24.0 Å². The number of aliphatic hydroxyl groups is 1. The van der Waals surface area contributed by atoms with Crippen LogP contribution in [-0.4, -0.2) is 46.4 Å². The van der Waals surface area contributed by atoms with Gasteiger partial charge in [0.05, 0.1) is 24.7 Å². The Hall–Kier alpha value is -2.28. The molecular weight excluding hydrogens is 410 g/mol. The van der Waals surface area contributed by atoms with Crippen molar-refractivity contribution < 1.29 is 19.4 Å². The summed E-state index contributed by atoms with van der Waals surface area (Å²) in [5, 5.41) is 10.8. The molecule has 0 unspecified atom stereocenters. The van der Waals surface area contributed by atoms with E-state index in [2.05, 4.69) is 0 Å². The van der Waals surface area contributed by atoms with Crippen molar-refractivity contribution in [2.45, 2.75) is 51.4 Å².